The molecule has 0 aliphatic rings. The van der Waals surface area contributed by atoms with E-state index in [0.717, 1.165) is 9.48 Å². The number of halogens is 1. The summed E-state index contributed by atoms with van der Waals surface area (Å²) >= 11 is 4.59. The molecule has 0 aliphatic heterocycles. The van der Waals surface area contributed by atoms with Crippen molar-refractivity contribution in [2.45, 2.75) is 13.5 Å². The molecular weight excluding hydrogens is 368 g/mol. The lowest BCUT2D eigenvalue weighted by Crippen LogP contribution is -2.18. The van der Waals surface area contributed by atoms with Gasteiger partial charge in [-0.3, -0.25) is 9.20 Å². The lowest BCUT2D eigenvalue weighted by atomic mass is 10.3. The summed E-state index contributed by atoms with van der Waals surface area (Å²) in [5.74, 6) is -0.429. The van der Waals surface area contributed by atoms with Crippen molar-refractivity contribution in [2.75, 3.05) is 0 Å². The summed E-state index contributed by atoms with van der Waals surface area (Å²) in [6, 6.07) is 10.3. The van der Waals surface area contributed by atoms with Gasteiger partial charge in [0, 0.05) is 11.8 Å². The highest BCUT2D eigenvalue weighted by Gasteiger charge is 2.11. The number of aryl methyl sites for hydroxylation is 1. The van der Waals surface area contributed by atoms with Crippen molar-refractivity contribution in [3.63, 3.8) is 0 Å². The van der Waals surface area contributed by atoms with E-state index < -0.39 is 5.97 Å². The molecule has 0 fully saturated rings. The van der Waals surface area contributed by atoms with Gasteiger partial charge in [-0.05, 0) is 47.1 Å². The third-order valence-electron chi connectivity index (χ3n) is 3.06. The molecule has 0 saturated carbocycles. The number of hydrogen-bond acceptors (Lipinski definition) is 5. The number of thiophene rings is 1. The van der Waals surface area contributed by atoms with E-state index in [9.17, 15) is 9.59 Å². The van der Waals surface area contributed by atoms with Crippen LogP contribution in [0.25, 0.3) is 5.65 Å². The van der Waals surface area contributed by atoms with Crippen LogP contribution in [0.5, 0.6) is 0 Å². The molecule has 3 aromatic rings. The summed E-state index contributed by atoms with van der Waals surface area (Å²) in [7, 11) is 0. The smallest absolute Gasteiger partial charge is 0.348 e. The second kappa shape index (κ2) is 6.02. The first-order valence-corrected chi connectivity index (χ1v) is 8.06. The molecular formula is C15H11BrN2O3S. The molecule has 7 heteroatoms. The predicted octanol–water partition coefficient (Wildman–Crippen LogP) is 3.18. The van der Waals surface area contributed by atoms with Gasteiger partial charge in [-0.1, -0.05) is 6.07 Å². The van der Waals surface area contributed by atoms with Crippen LogP contribution >= 0.6 is 27.3 Å². The van der Waals surface area contributed by atoms with E-state index in [1.165, 1.54) is 21.8 Å². The second-order valence-electron chi connectivity index (χ2n) is 4.63. The van der Waals surface area contributed by atoms with Crippen LogP contribution in [0, 0.1) is 6.92 Å². The van der Waals surface area contributed by atoms with Crippen LogP contribution < -0.4 is 5.56 Å². The van der Waals surface area contributed by atoms with Crippen molar-refractivity contribution >= 4 is 38.9 Å². The number of rotatable bonds is 3. The van der Waals surface area contributed by atoms with Crippen LogP contribution in [-0.2, 0) is 11.3 Å². The molecule has 5 nitrogen and oxygen atoms in total. The normalized spacial score (nSPS) is 10.8. The molecule has 112 valence electrons. The fraction of sp³-hybridized carbons (Fsp3) is 0.133. The molecule has 0 saturated heterocycles. The second-order valence-corrected chi connectivity index (χ2v) is 7.09. The molecule has 22 heavy (non-hydrogen) atoms. The molecule has 0 unspecified atom stereocenters. The SMILES string of the molecule is Cc1cccc2nc(COC(=O)c3ccc(Br)s3)cc(=O)n12. The van der Waals surface area contributed by atoms with Crippen molar-refractivity contribution in [3.05, 3.63) is 66.8 Å². The summed E-state index contributed by atoms with van der Waals surface area (Å²) in [4.78, 5) is 28.9. The fourth-order valence-corrected chi connectivity index (χ4v) is 3.35. The molecule has 0 aromatic carbocycles. The monoisotopic (exact) mass is 378 g/mol. The summed E-state index contributed by atoms with van der Waals surface area (Å²) < 4.78 is 7.58. The Morgan fingerprint density at radius 3 is 2.91 bits per heavy atom. The first kappa shape index (κ1) is 14.9. The van der Waals surface area contributed by atoms with Gasteiger partial charge < -0.3 is 4.74 Å². The number of carbonyl (C=O) groups is 1. The molecule has 0 bridgehead atoms. The van der Waals surface area contributed by atoms with Gasteiger partial charge in [-0.15, -0.1) is 11.3 Å². The Hall–Kier alpha value is -1.99. The van der Waals surface area contributed by atoms with Gasteiger partial charge in [0.1, 0.15) is 17.1 Å². The van der Waals surface area contributed by atoms with Crippen molar-refractivity contribution in [3.8, 4) is 0 Å². The maximum atomic E-state index is 12.1. The number of esters is 1. The van der Waals surface area contributed by atoms with Gasteiger partial charge >= 0.3 is 5.97 Å². The minimum Gasteiger partial charge on any atom is -0.455 e. The lowest BCUT2D eigenvalue weighted by Gasteiger charge is -2.07. The van der Waals surface area contributed by atoms with Crippen LogP contribution in [0.2, 0.25) is 0 Å². The summed E-state index contributed by atoms with van der Waals surface area (Å²) in [5.41, 5.74) is 1.59. The number of aromatic nitrogens is 2. The molecule has 0 radical (unpaired) electrons. The van der Waals surface area contributed by atoms with Crippen LogP contribution in [-0.4, -0.2) is 15.4 Å². The van der Waals surface area contributed by atoms with Crippen molar-refractivity contribution in [2.24, 2.45) is 0 Å². The van der Waals surface area contributed by atoms with Gasteiger partial charge in [0.15, 0.2) is 0 Å². The zero-order chi connectivity index (χ0) is 15.7. The molecule has 0 amide bonds. The molecule has 0 atom stereocenters. The van der Waals surface area contributed by atoms with E-state index in [0.29, 0.717) is 16.2 Å². The largest absolute Gasteiger partial charge is 0.455 e. The number of ether oxygens (including phenoxy) is 1. The summed E-state index contributed by atoms with van der Waals surface area (Å²) in [6.07, 6.45) is 0. The molecule has 0 N–H and O–H groups in total. The van der Waals surface area contributed by atoms with E-state index in [-0.39, 0.29) is 12.2 Å². The van der Waals surface area contributed by atoms with Gasteiger partial charge in [0.05, 0.1) is 9.48 Å². The topological polar surface area (TPSA) is 60.7 Å². The first-order chi connectivity index (χ1) is 10.5. The highest BCUT2D eigenvalue weighted by Crippen LogP contribution is 2.22. The van der Waals surface area contributed by atoms with Gasteiger partial charge in [0.25, 0.3) is 5.56 Å². The number of pyridine rings is 1. The molecule has 3 rings (SSSR count). The molecule has 0 aliphatic carbocycles. The molecule has 3 aromatic heterocycles. The average Bonchev–Trinajstić information content (AvgIpc) is 2.91. The van der Waals surface area contributed by atoms with Crippen molar-refractivity contribution < 1.29 is 9.53 Å². The van der Waals surface area contributed by atoms with Gasteiger partial charge in [-0.25, -0.2) is 9.78 Å². The number of nitrogens with zero attached hydrogens (tertiary/aromatic N) is 2. The minimum atomic E-state index is -0.429. The van der Waals surface area contributed by atoms with Crippen LogP contribution in [0.4, 0.5) is 0 Å². The first-order valence-electron chi connectivity index (χ1n) is 6.45. The Morgan fingerprint density at radius 2 is 2.18 bits per heavy atom. The number of hydrogen-bond donors (Lipinski definition) is 0. The lowest BCUT2D eigenvalue weighted by molar-refractivity contribution is 0.0473. The summed E-state index contributed by atoms with van der Waals surface area (Å²) in [5, 5.41) is 0. The Labute approximate surface area is 138 Å². The van der Waals surface area contributed by atoms with Crippen LogP contribution in [0.1, 0.15) is 21.1 Å². The van der Waals surface area contributed by atoms with Crippen molar-refractivity contribution in [1.29, 1.82) is 0 Å². The van der Waals surface area contributed by atoms with Crippen LogP contribution in [0.3, 0.4) is 0 Å². The molecule has 0 spiro atoms. The van der Waals surface area contributed by atoms with Crippen LogP contribution in [0.15, 0.2) is 45.0 Å². The average molecular weight is 379 g/mol. The van der Waals surface area contributed by atoms with E-state index in [1.54, 1.807) is 18.2 Å². The third-order valence-corrected chi connectivity index (χ3v) is 4.66. The Balaban J connectivity index is 1.83. The number of fused-ring (bicyclic) bond motifs is 1. The Kier molecular flexibility index (Phi) is 4.08. The van der Waals surface area contributed by atoms with Gasteiger partial charge in [-0.2, -0.15) is 0 Å². The minimum absolute atomic E-state index is 0.0337. The quantitative estimate of drug-likeness (QED) is 0.656. The summed E-state index contributed by atoms with van der Waals surface area (Å²) in [6.45, 7) is 1.80. The predicted molar refractivity (Wildman–Crippen MR) is 87.3 cm³/mol. The maximum Gasteiger partial charge on any atom is 0.348 e. The third kappa shape index (κ3) is 2.95. The van der Waals surface area contributed by atoms with E-state index in [1.807, 2.05) is 19.1 Å². The zero-order valence-corrected chi connectivity index (χ0v) is 14.0. The molecule has 3 heterocycles. The van der Waals surface area contributed by atoms with Crippen molar-refractivity contribution in [1.82, 2.24) is 9.38 Å². The fourth-order valence-electron chi connectivity index (χ4n) is 2.07. The highest BCUT2D eigenvalue weighted by molar-refractivity contribution is 9.11. The highest BCUT2D eigenvalue weighted by atomic mass is 79.9. The Bertz CT molecular complexity index is 917. The Morgan fingerprint density at radius 1 is 1.36 bits per heavy atom. The van der Waals surface area contributed by atoms with Gasteiger partial charge in [0.2, 0.25) is 0 Å². The zero-order valence-electron chi connectivity index (χ0n) is 11.6. The number of carbonyl (C=O) groups excluding carboxylic acids is 1. The van der Waals surface area contributed by atoms with E-state index in [2.05, 4.69) is 20.9 Å². The van der Waals surface area contributed by atoms with E-state index in [4.69, 9.17) is 4.74 Å². The van der Waals surface area contributed by atoms with E-state index >= 15 is 0 Å². The standard InChI is InChI=1S/C15H11BrN2O3S/c1-9-3-2-4-13-17-10(7-14(19)18(9)13)8-21-15(20)11-5-6-12(16)22-11/h2-7H,8H2,1H3. The maximum absolute atomic E-state index is 12.1.